The highest BCUT2D eigenvalue weighted by Crippen LogP contribution is 2.29. The van der Waals surface area contributed by atoms with Gasteiger partial charge in [-0.1, -0.05) is 0 Å². The van der Waals surface area contributed by atoms with E-state index in [1.165, 1.54) is 0 Å². The molecule has 1 heterocycles. The van der Waals surface area contributed by atoms with E-state index in [1.54, 1.807) is 0 Å². The van der Waals surface area contributed by atoms with Gasteiger partial charge < -0.3 is 4.74 Å². The topological polar surface area (TPSA) is 264 Å². The summed E-state index contributed by atoms with van der Waals surface area (Å²) in [5.74, 6) is 0. The van der Waals surface area contributed by atoms with E-state index in [1.807, 2.05) is 0 Å². The quantitative estimate of drug-likeness (QED) is 0.237. The first kappa shape index (κ1) is 24.5. The number of hydrogen-bond donors (Lipinski definition) is 4. The third-order valence-electron chi connectivity index (χ3n) is 2.48. The van der Waals surface area contributed by atoms with Crippen LogP contribution in [0.25, 0.3) is 0 Å². The molecule has 27 heavy (non-hydrogen) atoms. The van der Waals surface area contributed by atoms with Crippen LogP contribution in [0.1, 0.15) is 0 Å². The van der Waals surface area contributed by atoms with Crippen LogP contribution in [0, 0.1) is 6.61 Å². The molecule has 4 atom stereocenters. The van der Waals surface area contributed by atoms with Crippen LogP contribution in [-0.4, -0.2) is 82.9 Å². The van der Waals surface area contributed by atoms with Crippen LogP contribution >= 0.6 is 0 Å². The molecular formula is C6H11O17S4. The minimum Gasteiger partial charge on any atom is -0.364 e. The van der Waals surface area contributed by atoms with Gasteiger partial charge in [0.2, 0.25) is 0 Å². The summed E-state index contributed by atoms with van der Waals surface area (Å²) >= 11 is 0. The average molecular weight is 483 g/mol. The molecule has 1 aliphatic rings. The summed E-state index contributed by atoms with van der Waals surface area (Å²) in [7, 11) is -21.4. The van der Waals surface area contributed by atoms with Gasteiger partial charge in [-0.3, -0.25) is 18.2 Å². The first-order valence-electron chi connectivity index (χ1n) is 5.94. The molecule has 0 bridgehead atoms. The van der Waals surface area contributed by atoms with Crippen LogP contribution in [0.5, 0.6) is 0 Å². The van der Waals surface area contributed by atoms with Gasteiger partial charge in [0.1, 0.15) is 31.0 Å². The van der Waals surface area contributed by atoms with Crippen molar-refractivity contribution in [3.63, 3.8) is 0 Å². The van der Waals surface area contributed by atoms with Gasteiger partial charge >= 0.3 is 41.6 Å². The third kappa shape index (κ3) is 9.97. The van der Waals surface area contributed by atoms with E-state index in [-0.39, 0.29) is 6.61 Å². The Morgan fingerprint density at radius 2 is 1.15 bits per heavy atom. The molecule has 0 aromatic rings. The lowest BCUT2D eigenvalue weighted by Crippen LogP contribution is -2.57. The van der Waals surface area contributed by atoms with E-state index in [0.29, 0.717) is 0 Å². The average Bonchev–Trinajstić information content (AvgIpc) is 2.36. The van der Waals surface area contributed by atoms with Gasteiger partial charge in [-0.15, -0.1) is 0 Å². The maximum Gasteiger partial charge on any atom is 0.397 e. The molecule has 1 rings (SSSR count). The first-order chi connectivity index (χ1) is 11.9. The minimum absolute atomic E-state index is 0.283. The van der Waals surface area contributed by atoms with E-state index in [9.17, 15) is 33.7 Å². The molecule has 0 amide bonds. The maximum absolute atomic E-state index is 10.9. The van der Waals surface area contributed by atoms with E-state index in [2.05, 4.69) is 21.5 Å². The number of ether oxygens (including phenoxy) is 1. The Morgan fingerprint density at radius 3 is 1.56 bits per heavy atom. The molecule has 1 radical (unpaired) electrons. The summed E-state index contributed by atoms with van der Waals surface area (Å²) < 4.78 is 142. The van der Waals surface area contributed by atoms with E-state index in [0.717, 1.165) is 0 Å². The normalized spacial score (nSPS) is 28.1. The summed E-state index contributed by atoms with van der Waals surface area (Å²) in [5.41, 5.74) is 0. The van der Waals surface area contributed by atoms with Crippen molar-refractivity contribution in [3.8, 4) is 0 Å². The Bertz CT molecular complexity index is 927. The third-order valence-corrected chi connectivity index (χ3v) is 4.31. The predicted octanol–water partition coefficient (Wildman–Crippen LogP) is -3.07. The van der Waals surface area contributed by atoms with Crippen LogP contribution in [0.4, 0.5) is 0 Å². The smallest absolute Gasteiger partial charge is 0.364 e. The molecule has 17 nitrogen and oxygen atoms in total. The second kappa shape index (κ2) is 8.44. The SMILES string of the molecule is O=S(=O)(O)OC[C@H]1O[CH][C@@H](OS(=O)(=O)O)[C@H](OS(=O)(=O)O)[C@@H]1OS(=O)(=O)O. The van der Waals surface area contributed by atoms with Crippen molar-refractivity contribution in [3.05, 3.63) is 6.61 Å². The second-order valence-electron chi connectivity index (χ2n) is 4.49. The Labute approximate surface area is 152 Å². The van der Waals surface area contributed by atoms with Crippen molar-refractivity contribution in [1.82, 2.24) is 0 Å². The molecule has 0 aromatic heterocycles. The van der Waals surface area contributed by atoms with Crippen molar-refractivity contribution < 1.29 is 73.4 Å². The van der Waals surface area contributed by atoms with Crippen molar-refractivity contribution in [2.24, 2.45) is 0 Å². The molecule has 0 aromatic carbocycles. The summed E-state index contributed by atoms with van der Waals surface area (Å²) in [6.07, 6.45) is -9.23. The van der Waals surface area contributed by atoms with E-state index in [4.69, 9.17) is 18.2 Å². The summed E-state index contributed by atoms with van der Waals surface area (Å²) in [6.45, 7) is -0.995. The lowest BCUT2D eigenvalue weighted by atomic mass is 10.0. The van der Waals surface area contributed by atoms with Crippen molar-refractivity contribution in [2.45, 2.75) is 24.4 Å². The largest absolute Gasteiger partial charge is 0.397 e. The molecule has 4 N–H and O–H groups in total. The van der Waals surface area contributed by atoms with Crippen molar-refractivity contribution in [2.75, 3.05) is 6.61 Å². The van der Waals surface area contributed by atoms with Gasteiger partial charge in [-0.25, -0.2) is 16.7 Å². The van der Waals surface area contributed by atoms with Gasteiger partial charge in [0.25, 0.3) is 0 Å². The Morgan fingerprint density at radius 1 is 0.704 bits per heavy atom. The Balaban J connectivity index is 3.30. The number of rotatable bonds is 9. The van der Waals surface area contributed by atoms with Crippen molar-refractivity contribution in [1.29, 1.82) is 0 Å². The predicted molar refractivity (Wildman–Crippen MR) is 75.9 cm³/mol. The summed E-state index contributed by atoms with van der Waals surface area (Å²) in [6, 6.07) is 0. The van der Waals surface area contributed by atoms with Gasteiger partial charge in [0.05, 0.1) is 6.61 Å². The fourth-order valence-corrected chi connectivity index (χ4v) is 3.50. The zero-order chi connectivity index (χ0) is 21.3. The molecule has 0 aliphatic carbocycles. The lowest BCUT2D eigenvalue weighted by Gasteiger charge is -2.38. The fourth-order valence-electron chi connectivity index (χ4n) is 1.74. The van der Waals surface area contributed by atoms with Crippen LogP contribution in [-0.2, 0) is 63.1 Å². The zero-order valence-corrected chi connectivity index (χ0v) is 15.6. The molecule has 1 saturated heterocycles. The summed E-state index contributed by atoms with van der Waals surface area (Å²) in [4.78, 5) is 0. The molecule has 0 spiro atoms. The van der Waals surface area contributed by atoms with E-state index >= 15 is 0 Å². The van der Waals surface area contributed by atoms with E-state index < -0.39 is 72.6 Å². The molecule has 0 saturated carbocycles. The molecule has 21 heteroatoms. The number of hydrogen-bond acceptors (Lipinski definition) is 13. The van der Waals surface area contributed by atoms with Crippen LogP contribution in [0.15, 0.2) is 0 Å². The highest BCUT2D eigenvalue weighted by atomic mass is 32.3. The Hall–Kier alpha value is -0.560. The highest BCUT2D eigenvalue weighted by molar-refractivity contribution is 7.81. The van der Waals surface area contributed by atoms with Gasteiger partial charge in [0.15, 0.2) is 0 Å². The summed E-state index contributed by atoms with van der Waals surface area (Å²) in [5, 5.41) is 0. The molecule has 1 fully saturated rings. The van der Waals surface area contributed by atoms with Gasteiger partial charge in [-0.2, -0.15) is 33.7 Å². The Kier molecular flexibility index (Phi) is 7.65. The first-order valence-corrected chi connectivity index (χ1v) is 11.4. The standard InChI is InChI=1S/C6H11O17S4/c7-24(8,9)20-2-3-5(22-26(13,14)15)6(23-27(16,17)18)4(1-19-3)21-25(10,11)12/h1,3-6H,2H2,(H,7,8,9)(H,10,11,12)(H,13,14,15)(H,16,17,18)/t3-,4-,5-,6+/m1/s1. The highest BCUT2D eigenvalue weighted by Gasteiger charge is 2.49. The zero-order valence-electron chi connectivity index (χ0n) is 12.3. The maximum atomic E-state index is 10.9. The van der Waals surface area contributed by atoms with Crippen molar-refractivity contribution >= 4 is 41.6 Å². The molecule has 0 unspecified atom stereocenters. The van der Waals surface area contributed by atoms with Gasteiger partial charge in [0, 0.05) is 0 Å². The van der Waals surface area contributed by atoms with Crippen LogP contribution in [0.3, 0.4) is 0 Å². The lowest BCUT2D eigenvalue weighted by molar-refractivity contribution is -0.145. The van der Waals surface area contributed by atoms with Crippen LogP contribution in [0.2, 0.25) is 0 Å². The second-order valence-corrected chi connectivity index (χ2v) is 8.72. The fraction of sp³-hybridized carbons (Fsp3) is 0.833. The molecule has 1 aliphatic heterocycles. The minimum atomic E-state index is -5.46. The molecule has 161 valence electrons. The monoisotopic (exact) mass is 483 g/mol. The van der Waals surface area contributed by atoms with Gasteiger partial charge in [-0.05, 0) is 0 Å². The molecular weight excluding hydrogens is 472 g/mol. The van der Waals surface area contributed by atoms with Crippen LogP contribution < -0.4 is 0 Å².